The van der Waals surface area contributed by atoms with E-state index in [1.165, 1.54) is 0 Å². The molecule has 2 heterocycles. The minimum atomic E-state index is -0.277. The zero-order valence-electron chi connectivity index (χ0n) is 10.8. The molecule has 0 N–H and O–H groups in total. The lowest BCUT2D eigenvalue weighted by molar-refractivity contribution is 0.0660. The van der Waals surface area contributed by atoms with Crippen molar-refractivity contribution < 1.29 is 4.79 Å². The van der Waals surface area contributed by atoms with Crippen molar-refractivity contribution in [2.75, 3.05) is 13.1 Å². The molecule has 0 unspecified atom stereocenters. The molecule has 0 spiro atoms. The number of rotatable bonds is 1. The predicted molar refractivity (Wildman–Crippen MR) is 67.8 cm³/mol. The van der Waals surface area contributed by atoms with Crippen LogP contribution in [0.3, 0.4) is 0 Å². The number of amides is 1. The number of carbonyl (C=O) groups excluding carboxylic acids is 1. The molecule has 0 atom stereocenters. The number of likely N-dealkylation sites (tertiary alicyclic amines) is 1. The third-order valence-electron chi connectivity index (χ3n) is 3.66. The van der Waals surface area contributed by atoms with Gasteiger partial charge in [-0.05, 0) is 38.8 Å². The third kappa shape index (κ3) is 2.35. The SMILES string of the molecule is Cc1ncccc1C(=O)N1CCC(C)(C#N)CC1. The summed E-state index contributed by atoms with van der Waals surface area (Å²) in [5, 5.41) is 9.07. The zero-order chi connectivity index (χ0) is 13.2. The Kier molecular flexibility index (Phi) is 3.33. The summed E-state index contributed by atoms with van der Waals surface area (Å²) < 4.78 is 0. The summed E-state index contributed by atoms with van der Waals surface area (Å²) in [5.74, 6) is 0.0283. The van der Waals surface area contributed by atoms with Crippen LogP contribution in [-0.2, 0) is 0 Å². The van der Waals surface area contributed by atoms with Gasteiger partial charge in [-0.15, -0.1) is 0 Å². The third-order valence-corrected chi connectivity index (χ3v) is 3.66. The largest absolute Gasteiger partial charge is 0.338 e. The highest BCUT2D eigenvalue weighted by molar-refractivity contribution is 5.95. The van der Waals surface area contributed by atoms with Crippen molar-refractivity contribution in [1.82, 2.24) is 9.88 Å². The van der Waals surface area contributed by atoms with Gasteiger partial charge in [0.15, 0.2) is 0 Å². The van der Waals surface area contributed by atoms with Crippen molar-refractivity contribution in [1.29, 1.82) is 5.26 Å². The van der Waals surface area contributed by atoms with E-state index >= 15 is 0 Å². The standard InChI is InChI=1S/C14H17N3O/c1-11-12(4-3-7-16-11)13(18)17-8-5-14(2,10-15)6-9-17/h3-4,7H,5-6,8-9H2,1-2H3. The van der Waals surface area contributed by atoms with Crippen molar-refractivity contribution in [2.45, 2.75) is 26.7 Å². The molecular weight excluding hydrogens is 226 g/mol. The van der Waals surface area contributed by atoms with Gasteiger partial charge in [0.05, 0.1) is 17.0 Å². The van der Waals surface area contributed by atoms with Crippen LogP contribution in [0.4, 0.5) is 0 Å². The minimum absolute atomic E-state index is 0.0283. The Balaban J connectivity index is 2.10. The Morgan fingerprint density at radius 2 is 2.17 bits per heavy atom. The maximum Gasteiger partial charge on any atom is 0.255 e. The summed E-state index contributed by atoms with van der Waals surface area (Å²) in [6.07, 6.45) is 3.18. The number of nitriles is 1. The van der Waals surface area contributed by atoms with Gasteiger partial charge in [0.25, 0.3) is 5.91 Å². The number of hydrogen-bond acceptors (Lipinski definition) is 3. The van der Waals surface area contributed by atoms with Crippen molar-refractivity contribution in [3.63, 3.8) is 0 Å². The number of pyridine rings is 1. The van der Waals surface area contributed by atoms with E-state index in [2.05, 4.69) is 11.1 Å². The second-order valence-corrected chi connectivity index (χ2v) is 5.10. The van der Waals surface area contributed by atoms with E-state index < -0.39 is 0 Å². The van der Waals surface area contributed by atoms with Gasteiger partial charge in [-0.2, -0.15) is 5.26 Å². The van der Waals surface area contributed by atoms with E-state index in [9.17, 15) is 4.79 Å². The zero-order valence-corrected chi connectivity index (χ0v) is 10.8. The second kappa shape index (κ2) is 4.77. The lowest BCUT2D eigenvalue weighted by Gasteiger charge is -2.35. The normalized spacial score (nSPS) is 18.2. The van der Waals surface area contributed by atoms with Crippen LogP contribution in [0.2, 0.25) is 0 Å². The van der Waals surface area contributed by atoms with Crippen molar-refractivity contribution in [2.24, 2.45) is 5.41 Å². The number of aryl methyl sites for hydroxylation is 1. The predicted octanol–water partition coefficient (Wildman–Crippen LogP) is 2.16. The lowest BCUT2D eigenvalue weighted by atomic mass is 9.82. The van der Waals surface area contributed by atoms with E-state index in [4.69, 9.17) is 5.26 Å². The summed E-state index contributed by atoms with van der Waals surface area (Å²) in [5.41, 5.74) is 1.15. The van der Waals surface area contributed by atoms with Crippen LogP contribution in [-0.4, -0.2) is 28.9 Å². The van der Waals surface area contributed by atoms with Crippen LogP contribution in [0.15, 0.2) is 18.3 Å². The monoisotopic (exact) mass is 243 g/mol. The van der Waals surface area contributed by atoms with Crippen LogP contribution < -0.4 is 0 Å². The van der Waals surface area contributed by atoms with E-state index in [1.54, 1.807) is 12.3 Å². The molecule has 4 heteroatoms. The van der Waals surface area contributed by atoms with E-state index in [0.717, 1.165) is 18.5 Å². The molecule has 1 saturated heterocycles. The Morgan fingerprint density at radius 1 is 1.50 bits per heavy atom. The van der Waals surface area contributed by atoms with E-state index in [-0.39, 0.29) is 11.3 Å². The van der Waals surface area contributed by atoms with Crippen LogP contribution >= 0.6 is 0 Å². The smallest absolute Gasteiger partial charge is 0.255 e. The fourth-order valence-corrected chi connectivity index (χ4v) is 2.20. The van der Waals surface area contributed by atoms with Crippen molar-refractivity contribution >= 4 is 5.91 Å². The average molecular weight is 243 g/mol. The number of nitrogens with zero attached hydrogens (tertiary/aromatic N) is 3. The molecule has 0 bridgehead atoms. The Morgan fingerprint density at radius 3 is 2.72 bits per heavy atom. The number of piperidine rings is 1. The number of carbonyl (C=O) groups is 1. The average Bonchev–Trinajstić information content (AvgIpc) is 2.39. The fourth-order valence-electron chi connectivity index (χ4n) is 2.20. The second-order valence-electron chi connectivity index (χ2n) is 5.10. The topological polar surface area (TPSA) is 57.0 Å². The molecule has 94 valence electrons. The van der Waals surface area contributed by atoms with Gasteiger partial charge in [-0.3, -0.25) is 9.78 Å². The molecule has 0 saturated carbocycles. The maximum atomic E-state index is 12.3. The molecule has 1 aromatic rings. The van der Waals surface area contributed by atoms with E-state index in [1.807, 2.05) is 24.8 Å². The van der Waals surface area contributed by atoms with Crippen molar-refractivity contribution in [3.05, 3.63) is 29.6 Å². The Bertz CT molecular complexity index is 496. The van der Waals surface area contributed by atoms with Gasteiger partial charge in [0.2, 0.25) is 0 Å². The van der Waals surface area contributed by atoms with Crippen LogP contribution in [0.25, 0.3) is 0 Å². The first-order valence-electron chi connectivity index (χ1n) is 6.18. The number of hydrogen-bond donors (Lipinski definition) is 0. The Labute approximate surface area is 107 Å². The maximum absolute atomic E-state index is 12.3. The van der Waals surface area contributed by atoms with E-state index in [0.29, 0.717) is 18.7 Å². The molecule has 1 aliphatic rings. The molecule has 1 aliphatic heterocycles. The first-order valence-corrected chi connectivity index (χ1v) is 6.18. The van der Waals surface area contributed by atoms with Gasteiger partial charge in [0.1, 0.15) is 0 Å². The van der Waals surface area contributed by atoms with Gasteiger partial charge < -0.3 is 4.90 Å². The van der Waals surface area contributed by atoms with Crippen LogP contribution in [0.5, 0.6) is 0 Å². The molecule has 0 aromatic carbocycles. The molecular formula is C14H17N3O. The summed E-state index contributed by atoms with van der Waals surface area (Å²) in [7, 11) is 0. The highest BCUT2D eigenvalue weighted by atomic mass is 16.2. The van der Waals surface area contributed by atoms with Crippen molar-refractivity contribution in [3.8, 4) is 6.07 Å². The van der Waals surface area contributed by atoms with Crippen LogP contribution in [0, 0.1) is 23.7 Å². The molecule has 1 amide bonds. The van der Waals surface area contributed by atoms with Gasteiger partial charge >= 0.3 is 0 Å². The quantitative estimate of drug-likeness (QED) is 0.759. The highest BCUT2D eigenvalue weighted by Crippen LogP contribution is 2.30. The Hall–Kier alpha value is -1.89. The van der Waals surface area contributed by atoms with Gasteiger partial charge in [-0.1, -0.05) is 0 Å². The summed E-state index contributed by atoms with van der Waals surface area (Å²) >= 11 is 0. The molecule has 18 heavy (non-hydrogen) atoms. The fraction of sp³-hybridized carbons (Fsp3) is 0.500. The summed E-state index contributed by atoms with van der Waals surface area (Å²) in [4.78, 5) is 18.3. The lowest BCUT2D eigenvalue weighted by Crippen LogP contribution is -2.41. The first-order chi connectivity index (χ1) is 8.56. The molecule has 1 fully saturated rings. The summed E-state index contributed by atoms with van der Waals surface area (Å²) in [6.45, 7) is 5.11. The highest BCUT2D eigenvalue weighted by Gasteiger charge is 2.32. The van der Waals surface area contributed by atoms with Gasteiger partial charge in [0, 0.05) is 25.0 Å². The molecule has 1 aromatic heterocycles. The minimum Gasteiger partial charge on any atom is -0.338 e. The molecule has 0 aliphatic carbocycles. The molecule has 4 nitrogen and oxygen atoms in total. The van der Waals surface area contributed by atoms with Gasteiger partial charge in [-0.25, -0.2) is 0 Å². The number of aromatic nitrogens is 1. The molecule has 2 rings (SSSR count). The summed E-state index contributed by atoms with van der Waals surface area (Å²) in [6, 6.07) is 5.93. The van der Waals surface area contributed by atoms with Crippen LogP contribution in [0.1, 0.15) is 35.8 Å². The molecule has 0 radical (unpaired) electrons. The first kappa shape index (κ1) is 12.6.